The third kappa shape index (κ3) is 2.15. The lowest BCUT2D eigenvalue weighted by Crippen LogP contribution is -2.15. The van der Waals surface area contributed by atoms with E-state index in [0.717, 1.165) is 28.6 Å². The van der Waals surface area contributed by atoms with Crippen LogP contribution in [0, 0.1) is 6.92 Å². The summed E-state index contributed by atoms with van der Waals surface area (Å²) < 4.78 is 2.75. The largest absolute Gasteiger partial charge is 0.375 e. The predicted octanol–water partition coefficient (Wildman–Crippen LogP) is 3.93. The Kier molecular flexibility index (Phi) is 3.08. The lowest BCUT2D eigenvalue weighted by Gasteiger charge is -2.24. The molecule has 1 aliphatic rings. The number of rotatable bonds is 2. The maximum absolute atomic E-state index is 6.13. The Morgan fingerprint density at radius 3 is 3.11 bits per heavy atom. The van der Waals surface area contributed by atoms with Gasteiger partial charge < -0.3 is 5.32 Å². The Bertz CT molecular complexity index is 573. The van der Waals surface area contributed by atoms with E-state index in [9.17, 15) is 0 Å². The summed E-state index contributed by atoms with van der Waals surface area (Å²) in [5, 5.41) is 7.97. The molecular formula is C13H16ClN3S. The molecule has 2 aromatic rings. The number of thiophene rings is 1. The second-order valence-corrected chi connectivity index (χ2v) is 6.59. The summed E-state index contributed by atoms with van der Waals surface area (Å²) in [7, 11) is 1.95. The third-order valence-electron chi connectivity index (χ3n) is 3.43. The van der Waals surface area contributed by atoms with Gasteiger partial charge >= 0.3 is 0 Å². The minimum Gasteiger partial charge on any atom is -0.375 e. The Balaban J connectivity index is 1.88. The van der Waals surface area contributed by atoms with Gasteiger partial charge in [0.2, 0.25) is 0 Å². The van der Waals surface area contributed by atoms with Crippen LogP contribution in [-0.4, -0.2) is 9.78 Å². The lowest BCUT2D eigenvalue weighted by atomic mass is 9.94. The molecule has 5 heteroatoms. The van der Waals surface area contributed by atoms with Gasteiger partial charge in [-0.3, -0.25) is 4.68 Å². The van der Waals surface area contributed by atoms with E-state index in [-0.39, 0.29) is 0 Å². The highest BCUT2D eigenvalue weighted by Gasteiger charge is 2.23. The predicted molar refractivity (Wildman–Crippen MR) is 76.6 cm³/mol. The number of nitrogens with zero attached hydrogens (tertiary/aromatic N) is 2. The molecule has 0 saturated heterocycles. The molecule has 1 N–H and O–H groups in total. The number of hydrogen-bond acceptors (Lipinski definition) is 3. The zero-order valence-corrected chi connectivity index (χ0v) is 12.1. The fourth-order valence-corrected chi connectivity index (χ4v) is 3.98. The van der Waals surface area contributed by atoms with Gasteiger partial charge in [0.05, 0.1) is 21.8 Å². The van der Waals surface area contributed by atoms with Gasteiger partial charge in [0, 0.05) is 18.1 Å². The summed E-state index contributed by atoms with van der Waals surface area (Å²) in [4.78, 5) is 1.44. The molecule has 1 aliphatic carbocycles. The molecule has 0 aromatic carbocycles. The molecule has 0 amide bonds. The van der Waals surface area contributed by atoms with Crippen molar-refractivity contribution in [1.82, 2.24) is 9.78 Å². The van der Waals surface area contributed by atoms with Gasteiger partial charge in [-0.05, 0) is 37.8 Å². The van der Waals surface area contributed by atoms with Crippen LogP contribution in [0.4, 0.5) is 5.69 Å². The van der Waals surface area contributed by atoms with Gasteiger partial charge in [-0.15, -0.1) is 11.3 Å². The van der Waals surface area contributed by atoms with Crippen molar-refractivity contribution < 1.29 is 0 Å². The minimum absolute atomic E-state index is 0.375. The van der Waals surface area contributed by atoms with E-state index >= 15 is 0 Å². The number of aryl methyl sites for hydroxylation is 3. The molecule has 1 atom stereocenters. The fraction of sp³-hybridized carbons (Fsp3) is 0.462. The van der Waals surface area contributed by atoms with Crippen molar-refractivity contribution in [1.29, 1.82) is 0 Å². The lowest BCUT2D eigenvalue weighted by molar-refractivity contribution is 0.608. The van der Waals surface area contributed by atoms with Crippen molar-refractivity contribution in [2.75, 3.05) is 5.32 Å². The van der Waals surface area contributed by atoms with Crippen molar-refractivity contribution >= 4 is 28.6 Å². The van der Waals surface area contributed by atoms with Crippen LogP contribution in [0.15, 0.2) is 12.3 Å². The summed E-state index contributed by atoms with van der Waals surface area (Å²) in [5.74, 6) is 0. The van der Waals surface area contributed by atoms with E-state index in [1.54, 1.807) is 11.3 Å². The van der Waals surface area contributed by atoms with Crippen molar-refractivity contribution in [3.63, 3.8) is 0 Å². The molecule has 3 rings (SSSR count). The Morgan fingerprint density at radius 2 is 2.39 bits per heavy atom. The van der Waals surface area contributed by atoms with Crippen LogP contribution < -0.4 is 5.32 Å². The van der Waals surface area contributed by atoms with E-state index < -0.39 is 0 Å². The average Bonchev–Trinajstić information content (AvgIpc) is 2.82. The van der Waals surface area contributed by atoms with Crippen LogP contribution in [0.2, 0.25) is 4.34 Å². The van der Waals surface area contributed by atoms with Crippen LogP contribution in [0.25, 0.3) is 0 Å². The van der Waals surface area contributed by atoms with Crippen molar-refractivity contribution in [2.45, 2.75) is 32.2 Å². The van der Waals surface area contributed by atoms with Crippen molar-refractivity contribution in [3.05, 3.63) is 32.7 Å². The maximum Gasteiger partial charge on any atom is 0.0934 e. The standard InChI is InChI=1S/C13H16ClN3S/c1-8-11(7-17(2)16-8)15-10-4-3-5-12-9(10)6-13(14)18-12/h6-7,10,15H,3-5H2,1-2H3. The first kappa shape index (κ1) is 12.1. The maximum atomic E-state index is 6.13. The summed E-state index contributed by atoms with van der Waals surface area (Å²) >= 11 is 7.85. The molecule has 2 heterocycles. The first-order valence-electron chi connectivity index (χ1n) is 6.18. The third-order valence-corrected chi connectivity index (χ3v) is 4.77. The van der Waals surface area contributed by atoms with Gasteiger partial charge in [0.15, 0.2) is 0 Å². The number of hydrogen-bond donors (Lipinski definition) is 1. The van der Waals surface area contributed by atoms with E-state index in [0.29, 0.717) is 6.04 Å². The fourth-order valence-electron chi connectivity index (χ4n) is 2.60. The highest BCUT2D eigenvalue weighted by atomic mass is 35.5. The first-order chi connectivity index (χ1) is 8.63. The first-order valence-corrected chi connectivity index (χ1v) is 7.38. The highest BCUT2D eigenvalue weighted by molar-refractivity contribution is 7.16. The van der Waals surface area contributed by atoms with Crippen molar-refractivity contribution in [2.24, 2.45) is 7.05 Å². The molecule has 0 saturated carbocycles. The quantitative estimate of drug-likeness (QED) is 0.904. The van der Waals surface area contributed by atoms with Crippen LogP contribution in [0.3, 0.4) is 0 Å². The summed E-state index contributed by atoms with van der Waals surface area (Å²) in [6.45, 7) is 2.03. The zero-order valence-electron chi connectivity index (χ0n) is 10.5. The molecule has 0 aliphatic heterocycles. The molecule has 2 aromatic heterocycles. The monoisotopic (exact) mass is 281 g/mol. The van der Waals surface area contributed by atoms with Crippen LogP contribution in [0.5, 0.6) is 0 Å². The molecule has 0 bridgehead atoms. The molecule has 3 nitrogen and oxygen atoms in total. The normalized spacial score (nSPS) is 18.7. The Labute approximate surface area is 116 Å². The minimum atomic E-state index is 0.375. The highest BCUT2D eigenvalue weighted by Crippen LogP contribution is 2.39. The van der Waals surface area contributed by atoms with E-state index in [1.807, 2.05) is 24.9 Å². The molecule has 1 unspecified atom stereocenters. The smallest absolute Gasteiger partial charge is 0.0934 e. The second-order valence-electron chi connectivity index (χ2n) is 4.82. The van der Waals surface area contributed by atoms with Gasteiger partial charge in [-0.2, -0.15) is 5.10 Å². The SMILES string of the molecule is Cc1nn(C)cc1NC1CCCc2sc(Cl)cc21. The molecule has 0 radical (unpaired) electrons. The topological polar surface area (TPSA) is 29.9 Å². The number of aromatic nitrogens is 2. The summed E-state index contributed by atoms with van der Waals surface area (Å²) in [6.07, 6.45) is 5.59. The molecular weight excluding hydrogens is 266 g/mol. The number of anilines is 1. The van der Waals surface area contributed by atoms with Gasteiger partial charge in [0.25, 0.3) is 0 Å². The molecule has 18 heavy (non-hydrogen) atoms. The average molecular weight is 282 g/mol. The van der Waals surface area contributed by atoms with Gasteiger partial charge in [0.1, 0.15) is 0 Å². The summed E-state index contributed by atoms with van der Waals surface area (Å²) in [6, 6.07) is 2.49. The number of nitrogens with one attached hydrogen (secondary N) is 1. The molecule has 0 fully saturated rings. The van der Waals surface area contributed by atoms with Crippen molar-refractivity contribution in [3.8, 4) is 0 Å². The van der Waals surface area contributed by atoms with E-state index in [2.05, 4.69) is 16.5 Å². The number of fused-ring (bicyclic) bond motifs is 1. The van der Waals surface area contributed by atoms with Crippen LogP contribution >= 0.6 is 22.9 Å². The second kappa shape index (κ2) is 4.59. The zero-order chi connectivity index (χ0) is 12.7. The number of halogens is 1. The molecule has 96 valence electrons. The van der Waals surface area contributed by atoms with E-state index in [4.69, 9.17) is 11.6 Å². The van der Waals surface area contributed by atoms with Crippen LogP contribution in [0.1, 0.15) is 35.0 Å². The molecule has 0 spiro atoms. The van der Waals surface area contributed by atoms with Crippen LogP contribution in [-0.2, 0) is 13.5 Å². The Hall–Kier alpha value is -1.00. The van der Waals surface area contributed by atoms with Gasteiger partial charge in [-0.25, -0.2) is 0 Å². The summed E-state index contributed by atoms with van der Waals surface area (Å²) in [5.41, 5.74) is 3.54. The van der Waals surface area contributed by atoms with Gasteiger partial charge in [-0.1, -0.05) is 11.6 Å². The Morgan fingerprint density at radius 1 is 1.56 bits per heavy atom. The van der Waals surface area contributed by atoms with E-state index in [1.165, 1.54) is 16.9 Å².